The van der Waals surface area contributed by atoms with Gasteiger partial charge >= 0.3 is 5.97 Å². The smallest absolute Gasteiger partial charge is 0.339 e. The van der Waals surface area contributed by atoms with E-state index in [4.69, 9.17) is 5.11 Å². The quantitative estimate of drug-likeness (QED) is 0.876. The zero-order valence-electron chi connectivity index (χ0n) is 10.2. The van der Waals surface area contributed by atoms with E-state index in [0.717, 1.165) is 5.82 Å². The molecule has 6 heteroatoms. The van der Waals surface area contributed by atoms with E-state index in [1.54, 1.807) is 36.5 Å². The monoisotopic (exact) mass is 246 g/mol. The fourth-order valence-corrected chi connectivity index (χ4v) is 1.70. The number of hydrogen-bond donors (Lipinski definition) is 1. The molecular formula is C12H14N4O2. The maximum Gasteiger partial charge on any atom is 0.339 e. The predicted octanol–water partition coefficient (Wildman–Crippen LogP) is 1.15. The molecule has 0 saturated carbocycles. The Morgan fingerprint density at radius 1 is 1.44 bits per heavy atom. The number of hydrogen-bond acceptors (Lipinski definition) is 4. The van der Waals surface area contributed by atoms with Crippen LogP contribution in [0, 0.1) is 0 Å². The highest BCUT2D eigenvalue weighted by Gasteiger charge is 2.15. The topological polar surface area (TPSA) is 71.2 Å². The molecule has 0 aliphatic rings. The number of aromatic carboxylic acids is 1. The van der Waals surface area contributed by atoms with Gasteiger partial charge in [-0.3, -0.25) is 0 Å². The van der Waals surface area contributed by atoms with E-state index >= 15 is 0 Å². The fraction of sp³-hybridized carbons (Fsp3) is 0.250. The molecule has 0 fully saturated rings. The molecule has 0 amide bonds. The molecule has 0 saturated heterocycles. The second kappa shape index (κ2) is 4.87. The van der Waals surface area contributed by atoms with Crippen LogP contribution >= 0.6 is 0 Å². The third-order valence-corrected chi connectivity index (χ3v) is 2.68. The average Bonchev–Trinajstić information content (AvgIpc) is 2.75. The van der Waals surface area contributed by atoms with E-state index in [0.29, 0.717) is 12.4 Å². The SMILES string of the molecule is CN(Cc1nccn1C)c1ncccc1C(=O)O. The van der Waals surface area contributed by atoms with E-state index in [2.05, 4.69) is 9.97 Å². The Labute approximate surface area is 105 Å². The van der Waals surface area contributed by atoms with Crippen LogP contribution in [0.4, 0.5) is 5.82 Å². The van der Waals surface area contributed by atoms with Crippen molar-refractivity contribution in [2.24, 2.45) is 7.05 Å². The number of anilines is 1. The van der Waals surface area contributed by atoms with Crippen LogP contribution in [0.15, 0.2) is 30.7 Å². The number of imidazole rings is 1. The number of rotatable bonds is 4. The van der Waals surface area contributed by atoms with E-state index in [1.165, 1.54) is 0 Å². The van der Waals surface area contributed by atoms with Gasteiger partial charge in [0.2, 0.25) is 0 Å². The normalized spacial score (nSPS) is 10.3. The van der Waals surface area contributed by atoms with Crippen molar-refractivity contribution in [3.05, 3.63) is 42.1 Å². The number of aromatic nitrogens is 3. The van der Waals surface area contributed by atoms with Crippen molar-refractivity contribution >= 4 is 11.8 Å². The molecule has 6 nitrogen and oxygen atoms in total. The van der Waals surface area contributed by atoms with E-state index in [1.807, 2.05) is 17.8 Å². The van der Waals surface area contributed by atoms with Crippen molar-refractivity contribution < 1.29 is 9.90 Å². The van der Waals surface area contributed by atoms with Crippen molar-refractivity contribution in [2.75, 3.05) is 11.9 Å². The van der Waals surface area contributed by atoms with Crippen LogP contribution in [0.5, 0.6) is 0 Å². The van der Waals surface area contributed by atoms with Gasteiger partial charge in [0, 0.05) is 32.7 Å². The number of carbonyl (C=O) groups is 1. The minimum absolute atomic E-state index is 0.189. The molecule has 0 spiro atoms. The maximum absolute atomic E-state index is 11.1. The first-order valence-electron chi connectivity index (χ1n) is 5.45. The Kier molecular flexibility index (Phi) is 3.27. The minimum Gasteiger partial charge on any atom is -0.478 e. The molecule has 0 aliphatic carbocycles. The summed E-state index contributed by atoms with van der Waals surface area (Å²) in [6, 6.07) is 3.15. The summed E-state index contributed by atoms with van der Waals surface area (Å²) >= 11 is 0. The third kappa shape index (κ3) is 2.32. The zero-order chi connectivity index (χ0) is 13.1. The van der Waals surface area contributed by atoms with Crippen LogP contribution in [0.25, 0.3) is 0 Å². The van der Waals surface area contributed by atoms with Gasteiger partial charge in [0.25, 0.3) is 0 Å². The number of carboxylic acids is 1. The molecule has 2 heterocycles. The van der Waals surface area contributed by atoms with Gasteiger partial charge in [-0.2, -0.15) is 0 Å². The lowest BCUT2D eigenvalue weighted by atomic mass is 10.2. The standard InChI is InChI=1S/C12H14N4O2/c1-15-7-6-13-10(15)8-16(2)11-9(12(17)18)4-3-5-14-11/h3-7H,8H2,1-2H3,(H,17,18). The highest BCUT2D eigenvalue weighted by Crippen LogP contribution is 2.17. The Bertz CT molecular complexity index is 565. The van der Waals surface area contributed by atoms with E-state index in [-0.39, 0.29) is 5.56 Å². The number of pyridine rings is 1. The molecule has 94 valence electrons. The van der Waals surface area contributed by atoms with Gasteiger partial charge in [0.1, 0.15) is 17.2 Å². The Morgan fingerprint density at radius 3 is 2.83 bits per heavy atom. The largest absolute Gasteiger partial charge is 0.478 e. The summed E-state index contributed by atoms with van der Waals surface area (Å²) in [6.07, 6.45) is 5.14. The molecule has 0 atom stereocenters. The molecule has 18 heavy (non-hydrogen) atoms. The second-order valence-electron chi connectivity index (χ2n) is 3.99. The van der Waals surface area contributed by atoms with Crippen LogP contribution < -0.4 is 4.90 Å². The van der Waals surface area contributed by atoms with Gasteiger partial charge in [0.15, 0.2) is 0 Å². The van der Waals surface area contributed by atoms with Crippen LogP contribution in [0.2, 0.25) is 0 Å². The van der Waals surface area contributed by atoms with Crippen LogP contribution in [-0.2, 0) is 13.6 Å². The number of carboxylic acid groups (broad SMARTS) is 1. The second-order valence-corrected chi connectivity index (χ2v) is 3.99. The molecular weight excluding hydrogens is 232 g/mol. The lowest BCUT2D eigenvalue weighted by molar-refractivity contribution is 0.0697. The molecule has 2 rings (SSSR count). The van der Waals surface area contributed by atoms with Crippen molar-refractivity contribution in [3.63, 3.8) is 0 Å². The van der Waals surface area contributed by atoms with Crippen LogP contribution in [0.3, 0.4) is 0 Å². The molecule has 0 bridgehead atoms. The molecule has 0 aliphatic heterocycles. The molecule has 0 aromatic carbocycles. The lowest BCUT2D eigenvalue weighted by Gasteiger charge is -2.19. The Hall–Kier alpha value is -2.37. The zero-order valence-corrected chi connectivity index (χ0v) is 10.2. The fourth-order valence-electron chi connectivity index (χ4n) is 1.70. The average molecular weight is 246 g/mol. The maximum atomic E-state index is 11.1. The summed E-state index contributed by atoms with van der Waals surface area (Å²) in [5, 5.41) is 9.11. The van der Waals surface area contributed by atoms with Gasteiger partial charge in [-0.1, -0.05) is 0 Å². The number of aryl methyl sites for hydroxylation is 1. The molecule has 1 N–H and O–H groups in total. The third-order valence-electron chi connectivity index (χ3n) is 2.68. The van der Waals surface area contributed by atoms with Gasteiger partial charge in [0.05, 0.1) is 6.54 Å². The minimum atomic E-state index is -0.982. The summed E-state index contributed by atoms with van der Waals surface area (Å²) in [6.45, 7) is 0.501. The molecule has 0 radical (unpaired) electrons. The molecule has 0 unspecified atom stereocenters. The summed E-state index contributed by atoms with van der Waals surface area (Å²) in [4.78, 5) is 21.2. The summed E-state index contributed by atoms with van der Waals surface area (Å²) < 4.78 is 1.89. The van der Waals surface area contributed by atoms with Gasteiger partial charge in [-0.25, -0.2) is 14.8 Å². The van der Waals surface area contributed by atoms with Gasteiger partial charge in [-0.05, 0) is 12.1 Å². The van der Waals surface area contributed by atoms with Crippen molar-refractivity contribution in [1.82, 2.24) is 14.5 Å². The first-order chi connectivity index (χ1) is 8.59. The first-order valence-corrected chi connectivity index (χ1v) is 5.45. The van der Waals surface area contributed by atoms with E-state index in [9.17, 15) is 4.79 Å². The summed E-state index contributed by atoms with van der Waals surface area (Å²) in [5.41, 5.74) is 0.189. The molecule has 2 aromatic rings. The van der Waals surface area contributed by atoms with Crippen molar-refractivity contribution in [3.8, 4) is 0 Å². The van der Waals surface area contributed by atoms with E-state index < -0.39 is 5.97 Å². The Morgan fingerprint density at radius 2 is 2.22 bits per heavy atom. The molecule has 2 aromatic heterocycles. The Balaban J connectivity index is 2.26. The van der Waals surface area contributed by atoms with Crippen molar-refractivity contribution in [1.29, 1.82) is 0 Å². The van der Waals surface area contributed by atoms with Crippen molar-refractivity contribution in [2.45, 2.75) is 6.54 Å². The predicted molar refractivity (Wildman–Crippen MR) is 66.5 cm³/mol. The first kappa shape index (κ1) is 12.1. The summed E-state index contributed by atoms with van der Waals surface area (Å²) in [5.74, 6) is 0.303. The highest BCUT2D eigenvalue weighted by atomic mass is 16.4. The number of nitrogens with zero attached hydrogens (tertiary/aromatic N) is 4. The van der Waals surface area contributed by atoms with Crippen LogP contribution in [0.1, 0.15) is 16.2 Å². The van der Waals surface area contributed by atoms with Crippen LogP contribution in [-0.4, -0.2) is 32.7 Å². The van der Waals surface area contributed by atoms with Gasteiger partial charge < -0.3 is 14.6 Å². The van der Waals surface area contributed by atoms with Gasteiger partial charge in [-0.15, -0.1) is 0 Å². The lowest BCUT2D eigenvalue weighted by Crippen LogP contribution is -2.22. The highest BCUT2D eigenvalue weighted by molar-refractivity contribution is 5.93. The summed E-state index contributed by atoms with van der Waals surface area (Å²) in [7, 11) is 3.69.